The molecule has 0 spiro atoms. The van der Waals surface area contributed by atoms with Gasteiger partial charge < -0.3 is 10.6 Å². The molecule has 1 atom stereocenters. The normalized spacial score (nSPS) is 12.2. The van der Waals surface area contributed by atoms with Crippen LogP contribution in [0.25, 0.3) is 0 Å². The van der Waals surface area contributed by atoms with Gasteiger partial charge in [0.25, 0.3) is 0 Å². The molecule has 0 fully saturated rings. The van der Waals surface area contributed by atoms with Gasteiger partial charge in [-0.05, 0) is 43.2 Å². The molecular formula is C15H20N4. The number of pyridine rings is 2. The number of anilines is 1. The maximum Gasteiger partial charge on any atom is 0.128 e. The molecule has 4 heteroatoms. The first kappa shape index (κ1) is 13.5. The van der Waals surface area contributed by atoms with Crippen molar-refractivity contribution in [1.29, 1.82) is 0 Å². The van der Waals surface area contributed by atoms with Crippen molar-refractivity contribution in [3.8, 4) is 0 Å². The van der Waals surface area contributed by atoms with Crippen molar-refractivity contribution in [3.05, 3.63) is 54.0 Å². The highest BCUT2D eigenvalue weighted by Crippen LogP contribution is 2.16. The minimum absolute atomic E-state index is 0.0248. The summed E-state index contributed by atoms with van der Waals surface area (Å²) in [6.07, 6.45) is 5.49. The van der Waals surface area contributed by atoms with E-state index in [1.165, 1.54) is 5.56 Å². The number of aromatic nitrogens is 2. The average Bonchev–Trinajstić information content (AvgIpc) is 2.46. The zero-order valence-corrected chi connectivity index (χ0v) is 11.5. The van der Waals surface area contributed by atoms with Crippen LogP contribution in [0.2, 0.25) is 0 Å². The Morgan fingerprint density at radius 3 is 2.47 bits per heavy atom. The Balaban J connectivity index is 2.13. The van der Waals surface area contributed by atoms with E-state index in [-0.39, 0.29) is 6.04 Å². The molecule has 2 rings (SSSR count). The SMILES string of the molecule is CCN(Cc1ccncc1)c1ccc([C@@H](C)N)cn1. The van der Waals surface area contributed by atoms with E-state index in [4.69, 9.17) is 5.73 Å². The minimum Gasteiger partial charge on any atom is -0.353 e. The number of nitrogens with two attached hydrogens (primary N) is 1. The summed E-state index contributed by atoms with van der Waals surface area (Å²) in [5, 5.41) is 0. The van der Waals surface area contributed by atoms with Crippen LogP contribution in [0.5, 0.6) is 0 Å². The average molecular weight is 256 g/mol. The second kappa shape index (κ2) is 6.29. The van der Waals surface area contributed by atoms with Crippen molar-refractivity contribution in [3.63, 3.8) is 0 Å². The van der Waals surface area contributed by atoms with E-state index in [2.05, 4.69) is 21.8 Å². The molecule has 100 valence electrons. The second-order valence-corrected chi connectivity index (χ2v) is 4.61. The predicted octanol–water partition coefficient (Wildman–Crippen LogP) is 2.52. The Kier molecular flexibility index (Phi) is 4.47. The van der Waals surface area contributed by atoms with E-state index in [1.807, 2.05) is 49.8 Å². The van der Waals surface area contributed by atoms with Crippen molar-refractivity contribution in [2.75, 3.05) is 11.4 Å². The van der Waals surface area contributed by atoms with Crippen molar-refractivity contribution >= 4 is 5.82 Å². The van der Waals surface area contributed by atoms with Crippen LogP contribution in [0.1, 0.15) is 31.0 Å². The van der Waals surface area contributed by atoms with E-state index in [9.17, 15) is 0 Å². The molecule has 0 aliphatic carbocycles. The standard InChI is InChI=1S/C15H20N4/c1-3-19(11-13-6-8-17-9-7-13)15-5-4-14(10-18-15)12(2)16/h4-10,12H,3,11,16H2,1-2H3/t12-/m1/s1. The van der Waals surface area contributed by atoms with Crippen LogP contribution in [-0.4, -0.2) is 16.5 Å². The molecule has 2 aromatic heterocycles. The van der Waals surface area contributed by atoms with Gasteiger partial charge in [-0.15, -0.1) is 0 Å². The topological polar surface area (TPSA) is 55.0 Å². The molecule has 0 aliphatic rings. The highest BCUT2D eigenvalue weighted by Gasteiger charge is 2.07. The molecule has 2 heterocycles. The minimum atomic E-state index is 0.0248. The number of hydrogen-bond donors (Lipinski definition) is 1. The summed E-state index contributed by atoms with van der Waals surface area (Å²) < 4.78 is 0. The summed E-state index contributed by atoms with van der Waals surface area (Å²) in [4.78, 5) is 10.8. The van der Waals surface area contributed by atoms with Gasteiger partial charge in [0, 0.05) is 37.7 Å². The molecule has 0 radical (unpaired) electrons. The van der Waals surface area contributed by atoms with Crippen molar-refractivity contribution in [1.82, 2.24) is 9.97 Å². The van der Waals surface area contributed by atoms with Crippen molar-refractivity contribution in [2.24, 2.45) is 5.73 Å². The second-order valence-electron chi connectivity index (χ2n) is 4.61. The van der Waals surface area contributed by atoms with Gasteiger partial charge in [-0.2, -0.15) is 0 Å². The van der Waals surface area contributed by atoms with Gasteiger partial charge in [0.1, 0.15) is 5.82 Å². The van der Waals surface area contributed by atoms with E-state index < -0.39 is 0 Å². The van der Waals surface area contributed by atoms with Gasteiger partial charge >= 0.3 is 0 Å². The lowest BCUT2D eigenvalue weighted by Crippen LogP contribution is -2.23. The number of nitrogens with zero attached hydrogens (tertiary/aromatic N) is 3. The van der Waals surface area contributed by atoms with Crippen LogP contribution in [0, 0.1) is 0 Å². The lowest BCUT2D eigenvalue weighted by Gasteiger charge is -2.22. The summed E-state index contributed by atoms with van der Waals surface area (Å²) >= 11 is 0. The van der Waals surface area contributed by atoms with Crippen molar-refractivity contribution < 1.29 is 0 Å². The van der Waals surface area contributed by atoms with Crippen LogP contribution >= 0.6 is 0 Å². The molecule has 0 bridgehead atoms. The van der Waals surface area contributed by atoms with Crippen LogP contribution in [0.15, 0.2) is 42.9 Å². The summed E-state index contributed by atoms with van der Waals surface area (Å²) in [5.74, 6) is 0.976. The summed E-state index contributed by atoms with van der Waals surface area (Å²) in [6.45, 7) is 5.84. The van der Waals surface area contributed by atoms with Crippen molar-refractivity contribution in [2.45, 2.75) is 26.4 Å². The molecule has 4 nitrogen and oxygen atoms in total. The van der Waals surface area contributed by atoms with Gasteiger partial charge in [0.2, 0.25) is 0 Å². The molecule has 0 unspecified atom stereocenters. The lowest BCUT2D eigenvalue weighted by molar-refractivity contribution is 0.791. The molecule has 0 aromatic carbocycles. The van der Waals surface area contributed by atoms with E-state index >= 15 is 0 Å². The zero-order chi connectivity index (χ0) is 13.7. The molecule has 19 heavy (non-hydrogen) atoms. The molecule has 0 aliphatic heterocycles. The zero-order valence-electron chi connectivity index (χ0n) is 11.5. The van der Waals surface area contributed by atoms with Crippen LogP contribution in [0.3, 0.4) is 0 Å². The third kappa shape index (κ3) is 3.51. The lowest BCUT2D eigenvalue weighted by atomic mass is 10.1. The maximum absolute atomic E-state index is 5.84. The maximum atomic E-state index is 5.84. The Hall–Kier alpha value is -1.94. The molecule has 2 N–H and O–H groups in total. The Labute approximate surface area is 114 Å². The van der Waals surface area contributed by atoms with Crippen LogP contribution in [0.4, 0.5) is 5.82 Å². The highest BCUT2D eigenvalue weighted by atomic mass is 15.2. The quantitative estimate of drug-likeness (QED) is 0.893. The number of hydrogen-bond acceptors (Lipinski definition) is 4. The fourth-order valence-corrected chi connectivity index (χ4v) is 1.92. The molecule has 0 saturated carbocycles. The highest BCUT2D eigenvalue weighted by molar-refractivity contribution is 5.40. The molecular weight excluding hydrogens is 236 g/mol. The van der Waals surface area contributed by atoms with Crippen LogP contribution in [-0.2, 0) is 6.54 Å². The Morgan fingerprint density at radius 1 is 1.21 bits per heavy atom. The van der Waals surface area contributed by atoms with Gasteiger partial charge in [0.05, 0.1) is 0 Å². The fourth-order valence-electron chi connectivity index (χ4n) is 1.92. The summed E-state index contributed by atoms with van der Waals surface area (Å²) in [5.41, 5.74) is 8.13. The van der Waals surface area contributed by atoms with E-state index in [0.717, 1.165) is 24.5 Å². The van der Waals surface area contributed by atoms with Gasteiger partial charge in [-0.3, -0.25) is 4.98 Å². The third-order valence-corrected chi connectivity index (χ3v) is 3.13. The van der Waals surface area contributed by atoms with E-state index in [1.54, 1.807) is 0 Å². The predicted molar refractivity (Wildman–Crippen MR) is 77.8 cm³/mol. The smallest absolute Gasteiger partial charge is 0.128 e. The monoisotopic (exact) mass is 256 g/mol. The number of rotatable bonds is 5. The largest absolute Gasteiger partial charge is 0.353 e. The molecule has 0 amide bonds. The molecule has 0 saturated heterocycles. The Morgan fingerprint density at radius 2 is 1.95 bits per heavy atom. The van der Waals surface area contributed by atoms with Crippen LogP contribution < -0.4 is 10.6 Å². The van der Waals surface area contributed by atoms with E-state index in [0.29, 0.717) is 0 Å². The third-order valence-electron chi connectivity index (χ3n) is 3.13. The Bertz CT molecular complexity index is 493. The first-order chi connectivity index (χ1) is 9.20. The first-order valence-corrected chi connectivity index (χ1v) is 6.56. The fraction of sp³-hybridized carbons (Fsp3) is 0.333. The molecule has 2 aromatic rings. The van der Waals surface area contributed by atoms with Gasteiger partial charge in [-0.25, -0.2) is 4.98 Å². The van der Waals surface area contributed by atoms with Gasteiger partial charge in [-0.1, -0.05) is 6.07 Å². The summed E-state index contributed by atoms with van der Waals surface area (Å²) in [7, 11) is 0. The first-order valence-electron chi connectivity index (χ1n) is 6.56. The van der Waals surface area contributed by atoms with Gasteiger partial charge in [0.15, 0.2) is 0 Å². The summed E-state index contributed by atoms with van der Waals surface area (Å²) in [6, 6.07) is 8.15.